The largest absolute Gasteiger partial charge is 0.490 e. The summed E-state index contributed by atoms with van der Waals surface area (Å²) in [5.74, 6) is 1.77. The number of rotatable bonds is 6. The van der Waals surface area contributed by atoms with E-state index in [2.05, 4.69) is 28.7 Å². The number of nitrogens with one attached hydrogen (secondary N) is 2. The molecule has 2 unspecified atom stereocenters. The Morgan fingerprint density at radius 1 is 1.18 bits per heavy atom. The predicted molar refractivity (Wildman–Crippen MR) is 108 cm³/mol. The van der Waals surface area contributed by atoms with Gasteiger partial charge in [-0.25, -0.2) is 4.79 Å². The van der Waals surface area contributed by atoms with Crippen LogP contribution in [0.2, 0.25) is 0 Å². The fourth-order valence-corrected chi connectivity index (χ4v) is 3.27. The summed E-state index contributed by atoms with van der Waals surface area (Å²) in [5.41, 5.74) is 3.13. The van der Waals surface area contributed by atoms with Crippen LogP contribution in [0.3, 0.4) is 0 Å². The number of benzene rings is 1. The molecule has 0 spiro atoms. The normalized spacial score (nSPS) is 15.4. The molecule has 1 aliphatic heterocycles. The molecule has 2 atom stereocenters. The van der Waals surface area contributed by atoms with Gasteiger partial charge in [-0.3, -0.25) is 4.68 Å². The Balaban J connectivity index is 1.49. The molecule has 0 saturated heterocycles. The number of hydrogen-bond donors (Lipinski definition) is 2. The first-order chi connectivity index (χ1) is 13.4. The highest BCUT2D eigenvalue weighted by atomic mass is 16.5. The number of urea groups is 1. The highest BCUT2D eigenvalue weighted by molar-refractivity contribution is 5.74. The summed E-state index contributed by atoms with van der Waals surface area (Å²) in [6.45, 7) is 10.8. The number of carbonyl (C=O) groups excluding carboxylic acids is 1. The summed E-state index contributed by atoms with van der Waals surface area (Å²) in [6.07, 6.45) is 0.871. The molecule has 7 nitrogen and oxygen atoms in total. The summed E-state index contributed by atoms with van der Waals surface area (Å²) >= 11 is 0. The van der Waals surface area contributed by atoms with Gasteiger partial charge in [0.15, 0.2) is 11.5 Å². The maximum absolute atomic E-state index is 12.3. The molecule has 0 aliphatic carbocycles. The first-order valence-electron chi connectivity index (χ1n) is 9.87. The zero-order valence-electron chi connectivity index (χ0n) is 17.1. The van der Waals surface area contributed by atoms with Gasteiger partial charge in [0.1, 0.15) is 0 Å². The van der Waals surface area contributed by atoms with Crippen LogP contribution in [0.4, 0.5) is 4.79 Å². The molecule has 0 bridgehead atoms. The van der Waals surface area contributed by atoms with Crippen molar-refractivity contribution < 1.29 is 14.3 Å². The summed E-state index contributed by atoms with van der Waals surface area (Å²) in [7, 11) is 0. The number of nitrogens with zero attached hydrogens (tertiary/aromatic N) is 2. The topological polar surface area (TPSA) is 77.4 Å². The van der Waals surface area contributed by atoms with Gasteiger partial charge in [-0.2, -0.15) is 5.10 Å². The number of aryl methyl sites for hydroxylation is 2. The van der Waals surface area contributed by atoms with E-state index in [-0.39, 0.29) is 18.0 Å². The van der Waals surface area contributed by atoms with Crippen molar-refractivity contribution in [3.63, 3.8) is 0 Å². The summed E-state index contributed by atoms with van der Waals surface area (Å²) in [4.78, 5) is 12.3. The Hall–Kier alpha value is -2.70. The van der Waals surface area contributed by atoms with E-state index in [1.165, 1.54) is 0 Å². The zero-order chi connectivity index (χ0) is 20.1. The van der Waals surface area contributed by atoms with Crippen molar-refractivity contribution in [3.8, 4) is 11.5 Å². The van der Waals surface area contributed by atoms with Gasteiger partial charge < -0.3 is 20.1 Å². The summed E-state index contributed by atoms with van der Waals surface area (Å²) in [6, 6.07) is 7.55. The van der Waals surface area contributed by atoms with Gasteiger partial charge in [-0.05, 0) is 50.5 Å². The zero-order valence-corrected chi connectivity index (χ0v) is 17.1. The van der Waals surface area contributed by atoms with Gasteiger partial charge >= 0.3 is 6.03 Å². The lowest BCUT2D eigenvalue weighted by Crippen LogP contribution is -2.39. The Kier molecular flexibility index (Phi) is 6.44. The lowest BCUT2D eigenvalue weighted by molar-refractivity contribution is 0.235. The van der Waals surface area contributed by atoms with Crippen LogP contribution in [0.25, 0.3) is 0 Å². The Morgan fingerprint density at radius 3 is 2.64 bits per heavy atom. The van der Waals surface area contributed by atoms with Gasteiger partial charge in [-0.1, -0.05) is 13.0 Å². The van der Waals surface area contributed by atoms with E-state index in [0.29, 0.717) is 19.8 Å². The van der Waals surface area contributed by atoms with E-state index in [9.17, 15) is 4.79 Å². The molecule has 1 aliphatic rings. The third kappa shape index (κ3) is 5.18. The van der Waals surface area contributed by atoms with Crippen molar-refractivity contribution in [1.29, 1.82) is 0 Å². The van der Waals surface area contributed by atoms with Gasteiger partial charge in [0.2, 0.25) is 0 Å². The minimum absolute atomic E-state index is 0.136. The highest BCUT2D eigenvalue weighted by Gasteiger charge is 2.16. The molecule has 0 radical (unpaired) electrons. The maximum atomic E-state index is 12.3. The highest BCUT2D eigenvalue weighted by Crippen LogP contribution is 2.32. The van der Waals surface area contributed by atoms with Crippen LogP contribution in [0.5, 0.6) is 11.5 Å². The number of amides is 2. The van der Waals surface area contributed by atoms with E-state index >= 15 is 0 Å². The minimum Gasteiger partial charge on any atom is -0.490 e. The van der Waals surface area contributed by atoms with Crippen molar-refractivity contribution in [2.75, 3.05) is 19.8 Å². The first kappa shape index (κ1) is 20.0. The molecule has 2 aromatic rings. The van der Waals surface area contributed by atoms with E-state index in [1.54, 1.807) is 0 Å². The smallest absolute Gasteiger partial charge is 0.315 e. The van der Waals surface area contributed by atoms with E-state index < -0.39 is 0 Å². The molecule has 3 rings (SSSR count). The number of hydrogen-bond acceptors (Lipinski definition) is 4. The molecule has 2 amide bonds. The lowest BCUT2D eigenvalue weighted by atomic mass is 10.1. The molecular formula is C21H30N4O3. The third-order valence-corrected chi connectivity index (χ3v) is 4.82. The monoisotopic (exact) mass is 386 g/mol. The number of carbonyl (C=O) groups is 1. The third-order valence-electron chi connectivity index (χ3n) is 4.82. The molecule has 0 fully saturated rings. The number of fused-ring (bicyclic) bond motifs is 1. The summed E-state index contributed by atoms with van der Waals surface area (Å²) < 4.78 is 13.4. The second-order valence-corrected chi connectivity index (χ2v) is 7.55. The van der Waals surface area contributed by atoms with Crippen molar-refractivity contribution in [2.24, 2.45) is 5.92 Å². The number of ether oxygens (including phenoxy) is 2. The Bertz CT molecular complexity index is 818. The molecule has 152 valence electrons. The van der Waals surface area contributed by atoms with Crippen LogP contribution in [0.15, 0.2) is 24.3 Å². The van der Waals surface area contributed by atoms with Crippen LogP contribution < -0.4 is 20.1 Å². The molecule has 28 heavy (non-hydrogen) atoms. The average Bonchev–Trinajstić information content (AvgIpc) is 2.85. The quantitative estimate of drug-likeness (QED) is 0.798. The van der Waals surface area contributed by atoms with Crippen molar-refractivity contribution >= 4 is 6.03 Å². The second-order valence-electron chi connectivity index (χ2n) is 7.55. The van der Waals surface area contributed by atoms with Crippen LogP contribution >= 0.6 is 0 Å². The SMILES string of the molecule is Cc1cc(C)n(CC(C)CNC(=O)NC(C)c2ccc3c(c2)OCCCO3)n1. The van der Waals surface area contributed by atoms with Gasteiger partial charge in [0, 0.05) is 25.2 Å². The van der Waals surface area contributed by atoms with E-state index in [0.717, 1.165) is 41.4 Å². The number of aromatic nitrogens is 2. The fraction of sp³-hybridized carbons (Fsp3) is 0.524. The summed E-state index contributed by atoms with van der Waals surface area (Å²) in [5, 5.41) is 10.4. The van der Waals surface area contributed by atoms with Crippen molar-refractivity contribution in [3.05, 3.63) is 41.2 Å². The molecule has 7 heteroatoms. The Labute approximate surface area is 166 Å². The van der Waals surface area contributed by atoms with Crippen LogP contribution in [0, 0.1) is 19.8 Å². The van der Waals surface area contributed by atoms with Crippen LogP contribution in [-0.4, -0.2) is 35.6 Å². The second kappa shape index (κ2) is 8.99. The molecule has 1 aromatic heterocycles. The maximum Gasteiger partial charge on any atom is 0.315 e. The predicted octanol–water partition coefficient (Wildman–Crippen LogP) is 3.36. The molecule has 2 N–H and O–H groups in total. The average molecular weight is 386 g/mol. The van der Waals surface area contributed by atoms with E-state index in [4.69, 9.17) is 9.47 Å². The molecule has 1 aromatic carbocycles. The fourth-order valence-electron chi connectivity index (χ4n) is 3.27. The molecule has 2 heterocycles. The van der Waals surface area contributed by atoms with Gasteiger partial charge in [-0.15, -0.1) is 0 Å². The lowest BCUT2D eigenvalue weighted by Gasteiger charge is -2.18. The minimum atomic E-state index is -0.181. The van der Waals surface area contributed by atoms with Crippen molar-refractivity contribution in [2.45, 2.75) is 46.7 Å². The molecule has 0 saturated carbocycles. The van der Waals surface area contributed by atoms with Crippen molar-refractivity contribution in [1.82, 2.24) is 20.4 Å². The van der Waals surface area contributed by atoms with Crippen LogP contribution in [-0.2, 0) is 6.54 Å². The molecular weight excluding hydrogens is 356 g/mol. The van der Waals surface area contributed by atoms with Gasteiger partial charge in [0.25, 0.3) is 0 Å². The van der Waals surface area contributed by atoms with E-state index in [1.807, 2.05) is 43.7 Å². The Morgan fingerprint density at radius 2 is 1.93 bits per heavy atom. The first-order valence-corrected chi connectivity index (χ1v) is 9.87. The van der Waals surface area contributed by atoms with Gasteiger partial charge in [0.05, 0.1) is 24.9 Å². The standard InChI is InChI=1S/C21H30N4O3/c1-14(13-25-16(3)10-15(2)24-25)12-22-21(26)23-17(4)18-6-7-19-20(11-18)28-9-5-8-27-19/h6-7,10-11,14,17H,5,8-9,12-13H2,1-4H3,(H2,22,23,26). The van der Waals surface area contributed by atoms with Crippen LogP contribution in [0.1, 0.15) is 43.3 Å².